The van der Waals surface area contributed by atoms with Gasteiger partial charge in [-0.2, -0.15) is 5.10 Å². The quantitative estimate of drug-likeness (QED) is 0.772. The minimum absolute atomic E-state index is 0.0918. The molecule has 0 aliphatic carbocycles. The van der Waals surface area contributed by atoms with Crippen LogP contribution >= 0.6 is 0 Å². The fourth-order valence-corrected chi connectivity index (χ4v) is 1.53. The van der Waals surface area contributed by atoms with Crippen LogP contribution in [0.2, 0.25) is 0 Å². The number of rotatable bonds is 5. The monoisotopic (exact) mass is 224 g/mol. The zero-order valence-corrected chi connectivity index (χ0v) is 10.2. The fraction of sp³-hybridized carbons (Fsp3) is 0.636. The summed E-state index contributed by atoms with van der Waals surface area (Å²) < 4.78 is 1.61. The number of nitrogens with zero attached hydrogens (tertiary/aromatic N) is 2. The number of nitrogens with two attached hydrogens (primary N) is 1. The molecule has 0 aliphatic heterocycles. The number of amides is 1. The zero-order valence-electron chi connectivity index (χ0n) is 10.2. The van der Waals surface area contributed by atoms with E-state index in [9.17, 15) is 4.79 Å². The lowest BCUT2D eigenvalue weighted by atomic mass is 9.94. The van der Waals surface area contributed by atoms with E-state index in [0.29, 0.717) is 12.1 Å². The number of hydrogen-bond donors (Lipinski definition) is 2. The normalized spacial score (nSPS) is 14.5. The van der Waals surface area contributed by atoms with Crippen LogP contribution in [0.4, 0.5) is 0 Å². The van der Waals surface area contributed by atoms with Crippen LogP contribution in [0.25, 0.3) is 0 Å². The standard InChI is InChI=1S/C11H20N4O/c1-4-11(2,5-6-12)14-10(16)9-7-13-15(3)8-9/h7-8H,4-6,12H2,1-3H3,(H,14,16). The van der Waals surface area contributed by atoms with Gasteiger partial charge in [0.25, 0.3) is 5.91 Å². The van der Waals surface area contributed by atoms with E-state index in [-0.39, 0.29) is 11.4 Å². The van der Waals surface area contributed by atoms with Gasteiger partial charge in [0.15, 0.2) is 0 Å². The molecule has 1 aromatic heterocycles. The van der Waals surface area contributed by atoms with Crippen molar-refractivity contribution in [3.05, 3.63) is 18.0 Å². The molecule has 5 heteroatoms. The lowest BCUT2D eigenvalue weighted by Gasteiger charge is -2.28. The van der Waals surface area contributed by atoms with E-state index in [2.05, 4.69) is 10.4 Å². The maximum Gasteiger partial charge on any atom is 0.254 e. The molecule has 1 atom stereocenters. The van der Waals surface area contributed by atoms with E-state index in [0.717, 1.165) is 12.8 Å². The van der Waals surface area contributed by atoms with Gasteiger partial charge in [-0.1, -0.05) is 6.92 Å². The van der Waals surface area contributed by atoms with E-state index in [1.165, 1.54) is 0 Å². The van der Waals surface area contributed by atoms with Gasteiger partial charge in [0, 0.05) is 18.8 Å². The molecule has 0 spiro atoms. The van der Waals surface area contributed by atoms with Crippen LogP contribution in [-0.2, 0) is 7.05 Å². The highest BCUT2D eigenvalue weighted by molar-refractivity contribution is 5.94. The van der Waals surface area contributed by atoms with E-state index in [1.54, 1.807) is 24.1 Å². The Morgan fingerprint density at radius 1 is 1.69 bits per heavy atom. The summed E-state index contributed by atoms with van der Waals surface area (Å²) >= 11 is 0. The zero-order chi connectivity index (χ0) is 12.2. The lowest BCUT2D eigenvalue weighted by Crippen LogP contribution is -2.46. The van der Waals surface area contributed by atoms with Crippen LogP contribution in [0.1, 0.15) is 37.0 Å². The van der Waals surface area contributed by atoms with Crippen LogP contribution in [0, 0.1) is 0 Å². The molecular formula is C11H20N4O. The minimum atomic E-state index is -0.234. The maximum atomic E-state index is 11.9. The topological polar surface area (TPSA) is 72.9 Å². The minimum Gasteiger partial charge on any atom is -0.347 e. The third-order valence-corrected chi connectivity index (χ3v) is 2.86. The van der Waals surface area contributed by atoms with Gasteiger partial charge in [0.05, 0.1) is 11.8 Å². The number of carbonyl (C=O) groups excluding carboxylic acids is 1. The Bertz CT molecular complexity index is 361. The largest absolute Gasteiger partial charge is 0.347 e. The molecular weight excluding hydrogens is 204 g/mol. The molecule has 5 nitrogen and oxygen atoms in total. The molecule has 90 valence electrons. The van der Waals surface area contributed by atoms with Crippen molar-refractivity contribution in [1.82, 2.24) is 15.1 Å². The highest BCUT2D eigenvalue weighted by atomic mass is 16.1. The Hall–Kier alpha value is -1.36. The van der Waals surface area contributed by atoms with Crippen molar-refractivity contribution in [2.75, 3.05) is 6.54 Å². The first kappa shape index (κ1) is 12.7. The summed E-state index contributed by atoms with van der Waals surface area (Å²) in [5, 5.41) is 6.97. The van der Waals surface area contributed by atoms with Crippen molar-refractivity contribution in [2.45, 2.75) is 32.2 Å². The van der Waals surface area contributed by atoms with Gasteiger partial charge < -0.3 is 11.1 Å². The van der Waals surface area contributed by atoms with Gasteiger partial charge >= 0.3 is 0 Å². The van der Waals surface area contributed by atoms with Gasteiger partial charge in [-0.3, -0.25) is 9.48 Å². The molecule has 0 fully saturated rings. The smallest absolute Gasteiger partial charge is 0.254 e. The van der Waals surface area contributed by atoms with E-state index < -0.39 is 0 Å². The van der Waals surface area contributed by atoms with Crippen LogP contribution in [0.15, 0.2) is 12.4 Å². The fourth-order valence-electron chi connectivity index (χ4n) is 1.53. The second-order valence-electron chi connectivity index (χ2n) is 4.31. The summed E-state index contributed by atoms with van der Waals surface area (Å²) in [5.41, 5.74) is 5.89. The van der Waals surface area contributed by atoms with E-state index in [1.807, 2.05) is 13.8 Å². The summed E-state index contributed by atoms with van der Waals surface area (Å²) in [4.78, 5) is 11.9. The second kappa shape index (κ2) is 5.12. The summed E-state index contributed by atoms with van der Waals surface area (Å²) in [5.74, 6) is -0.0918. The number of aromatic nitrogens is 2. The van der Waals surface area contributed by atoms with Crippen molar-refractivity contribution in [1.29, 1.82) is 0 Å². The molecule has 0 radical (unpaired) electrons. The maximum absolute atomic E-state index is 11.9. The highest BCUT2D eigenvalue weighted by Gasteiger charge is 2.24. The third-order valence-electron chi connectivity index (χ3n) is 2.86. The van der Waals surface area contributed by atoms with Gasteiger partial charge in [-0.05, 0) is 26.3 Å². The van der Waals surface area contributed by atoms with Crippen molar-refractivity contribution >= 4 is 5.91 Å². The third kappa shape index (κ3) is 3.06. The Morgan fingerprint density at radius 3 is 2.81 bits per heavy atom. The molecule has 3 N–H and O–H groups in total. The molecule has 0 aromatic carbocycles. The molecule has 0 aliphatic rings. The van der Waals surface area contributed by atoms with Gasteiger partial charge in [0.1, 0.15) is 0 Å². The first-order chi connectivity index (χ1) is 7.50. The van der Waals surface area contributed by atoms with E-state index in [4.69, 9.17) is 5.73 Å². The average molecular weight is 224 g/mol. The first-order valence-electron chi connectivity index (χ1n) is 5.52. The Morgan fingerprint density at radius 2 is 2.38 bits per heavy atom. The Balaban J connectivity index is 2.69. The number of nitrogens with one attached hydrogen (secondary N) is 1. The highest BCUT2D eigenvalue weighted by Crippen LogP contribution is 2.14. The predicted octanol–water partition coefficient (Wildman–Crippen LogP) is 0.667. The summed E-state index contributed by atoms with van der Waals surface area (Å²) in [6.45, 7) is 4.62. The molecule has 1 amide bonds. The van der Waals surface area contributed by atoms with Crippen LogP contribution < -0.4 is 11.1 Å². The number of hydrogen-bond acceptors (Lipinski definition) is 3. The number of aryl methyl sites for hydroxylation is 1. The summed E-state index contributed by atoms with van der Waals surface area (Å²) in [6.07, 6.45) is 4.90. The molecule has 1 heterocycles. The second-order valence-corrected chi connectivity index (χ2v) is 4.31. The summed E-state index contributed by atoms with van der Waals surface area (Å²) in [7, 11) is 1.79. The molecule has 0 bridgehead atoms. The average Bonchev–Trinajstić information content (AvgIpc) is 2.65. The molecule has 16 heavy (non-hydrogen) atoms. The van der Waals surface area contributed by atoms with Crippen molar-refractivity contribution in [2.24, 2.45) is 12.8 Å². The van der Waals surface area contributed by atoms with Crippen molar-refractivity contribution < 1.29 is 4.79 Å². The Labute approximate surface area is 96.0 Å². The van der Waals surface area contributed by atoms with Gasteiger partial charge in [-0.15, -0.1) is 0 Å². The van der Waals surface area contributed by atoms with E-state index >= 15 is 0 Å². The van der Waals surface area contributed by atoms with Crippen molar-refractivity contribution in [3.63, 3.8) is 0 Å². The van der Waals surface area contributed by atoms with Gasteiger partial charge in [-0.25, -0.2) is 0 Å². The van der Waals surface area contributed by atoms with Crippen LogP contribution in [-0.4, -0.2) is 27.8 Å². The molecule has 1 rings (SSSR count). The molecule has 0 saturated carbocycles. The van der Waals surface area contributed by atoms with Gasteiger partial charge in [0.2, 0.25) is 0 Å². The molecule has 1 aromatic rings. The number of carbonyl (C=O) groups is 1. The van der Waals surface area contributed by atoms with Crippen LogP contribution in [0.3, 0.4) is 0 Å². The van der Waals surface area contributed by atoms with Crippen LogP contribution in [0.5, 0.6) is 0 Å². The SMILES string of the molecule is CCC(C)(CCN)NC(=O)c1cnn(C)c1. The molecule has 0 saturated heterocycles. The first-order valence-corrected chi connectivity index (χ1v) is 5.52. The molecule has 1 unspecified atom stereocenters. The Kier molecular flexibility index (Phi) is 4.06. The van der Waals surface area contributed by atoms with Crippen molar-refractivity contribution in [3.8, 4) is 0 Å². The predicted molar refractivity (Wildman–Crippen MR) is 63.0 cm³/mol. The summed E-state index contributed by atoms with van der Waals surface area (Å²) in [6, 6.07) is 0. The lowest BCUT2D eigenvalue weighted by molar-refractivity contribution is 0.0900.